The van der Waals surface area contributed by atoms with Gasteiger partial charge in [0.15, 0.2) is 0 Å². The topological polar surface area (TPSA) is 124 Å². The van der Waals surface area contributed by atoms with Gasteiger partial charge >= 0.3 is 0 Å². The molecule has 0 atom stereocenters. The third-order valence-corrected chi connectivity index (χ3v) is 4.32. The molecule has 3 aromatic rings. The number of para-hydroxylation sites is 1. The minimum absolute atomic E-state index is 0. The molecule has 6 nitrogen and oxygen atoms in total. The van der Waals surface area contributed by atoms with Gasteiger partial charge in [-0.15, -0.1) is 34.0 Å². The van der Waals surface area contributed by atoms with Gasteiger partial charge < -0.3 is 21.3 Å². The highest BCUT2D eigenvalue weighted by Crippen LogP contribution is 2.31. The normalized spacial score (nSPS) is 12.4. The standard InChI is InChI=1S/C19H19N3.2BrH.3H2O/c1-6-12-22(13-7-1)19-14-18(17-10-4-5-11-20-17)21-16-9-3-2-8-15(16)19;;;;;/h2-5,8-11,14H,1,6-7,12-13H2;2*1H;3*1H2. The number of piperidine rings is 1. The maximum absolute atomic E-state index is 4.81. The SMILES string of the molecule is Br.Br.O.O.O.c1ccc(-c2cc(N3CCCCC3)c3ccccc3n2)nc1. The van der Waals surface area contributed by atoms with Crippen LogP contribution in [0.1, 0.15) is 19.3 Å². The van der Waals surface area contributed by atoms with Crippen LogP contribution in [0, 0.1) is 0 Å². The molecule has 0 amide bonds. The Morgan fingerprint density at radius 1 is 0.741 bits per heavy atom. The van der Waals surface area contributed by atoms with Crippen molar-refractivity contribution < 1.29 is 16.4 Å². The van der Waals surface area contributed by atoms with Gasteiger partial charge in [0.1, 0.15) is 0 Å². The van der Waals surface area contributed by atoms with E-state index in [4.69, 9.17) is 4.98 Å². The lowest BCUT2D eigenvalue weighted by Gasteiger charge is -2.30. The van der Waals surface area contributed by atoms with E-state index >= 15 is 0 Å². The highest BCUT2D eigenvalue weighted by Gasteiger charge is 2.16. The van der Waals surface area contributed by atoms with E-state index in [1.807, 2.05) is 24.4 Å². The number of hydrogen-bond donors (Lipinski definition) is 0. The fourth-order valence-electron chi connectivity index (χ4n) is 3.20. The van der Waals surface area contributed by atoms with Crippen LogP contribution in [-0.4, -0.2) is 39.5 Å². The van der Waals surface area contributed by atoms with Crippen LogP contribution >= 0.6 is 34.0 Å². The van der Waals surface area contributed by atoms with E-state index in [0.717, 1.165) is 30.0 Å². The molecule has 6 N–H and O–H groups in total. The Balaban J connectivity index is 0. The second-order valence-electron chi connectivity index (χ2n) is 5.81. The summed E-state index contributed by atoms with van der Waals surface area (Å²) in [5, 5.41) is 1.24. The van der Waals surface area contributed by atoms with Gasteiger partial charge in [-0.05, 0) is 43.5 Å². The minimum atomic E-state index is 0. The number of rotatable bonds is 2. The molecule has 0 saturated carbocycles. The molecular weight excluding hydrogens is 478 g/mol. The number of halogens is 2. The summed E-state index contributed by atoms with van der Waals surface area (Å²) < 4.78 is 0. The van der Waals surface area contributed by atoms with E-state index in [1.165, 1.54) is 30.3 Å². The van der Waals surface area contributed by atoms with E-state index in [1.54, 1.807) is 0 Å². The first-order chi connectivity index (χ1) is 10.9. The molecule has 150 valence electrons. The van der Waals surface area contributed by atoms with Gasteiger partial charge in [-0.3, -0.25) is 4.98 Å². The molecule has 1 saturated heterocycles. The average Bonchev–Trinajstić information content (AvgIpc) is 2.62. The van der Waals surface area contributed by atoms with Crippen molar-refractivity contribution >= 4 is 50.6 Å². The lowest BCUT2D eigenvalue weighted by atomic mass is 10.1. The van der Waals surface area contributed by atoms with Crippen molar-refractivity contribution in [3.8, 4) is 11.4 Å². The number of hydrogen-bond acceptors (Lipinski definition) is 3. The molecular formula is C19H27Br2N3O3. The van der Waals surface area contributed by atoms with E-state index in [-0.39, 0.29) is 50.4 Å². The molecule has 1 aromatic carbocycles. The van der Waals surface area contributed by atoms with Crippen molar-refractivity contribution in [2.45, 2.75) is 19.3 Å². The first-order valence-electron chi connectivity index (χ1n) is 7.98. The fourth-order valence-corrected chi connectivity index (χ4v) is 3.20. The number of aromatic nitrogens is 2. The van der Waals surface area contributed by atoms with Crippen molar-refractivity contribution in [3.05, 3.63) is 54.7 Å². The van der Waals surface area contributed by atoms with Crippen molar-refractivity contribution in [1.82, 2.24) is 9.97 Å². The highest BCUT2D eigenvalue weighted by molar-refractivity contribution is 8.93. The van der Waals surface area contributed by atoms with E-state index in [2.05, 4.69) is 40.2 Å². The van der Waals surface area contributed by atoms with Gasteiger partial charge in [-0.2, -0.15) is 0 Å². The highest BCUT2D eigenvalue weighted by atomic mass is 79.9. The second kappa shape index (κ2) is 12.7. The smallest absolute Gasteiger partial charge is 0.0914 e. The molecule has 0 aliphatic carbocycles. The van der Waals surface area contributed by atoms with Crippen molar-refractivity contribution in [2.75, 3.05) is 18.0 Å². The maximum Gasteiger partial charge on any atom is 0.0914 e. The summed E-state index contributed by atoms with van der Waals surface area (Å²) in [6.07, 6.45) is 5.71. The third kappa shape index (κ3) is 5.95. The summed E-state index contributed by atoms with van der Waals surface area (Å²) in [4.78, 5) is 11.8. The summed E-state index contributed by atoms with van der Waals surface area (Å²) in [6.45, 7) is 2.27. The zero-order valence-corrected chi connectivity index (χ0v) is 18.3. The largest absolute Gasteiger partial charge is 0.412 e. The van der Waals surface area contributed by atoms with Gasteiger partial charge in [0.2, 0.25) is 0 Å². The van der Waals surface area contributed by atoms with Crippen LogP contribution in [0.3, 0.4) is 0 Å². The summed E-state index contributed by atoms with van der Waals surface area (Å²) >= 11 is 0. The molecule has 1 aliphatic heterocycles. The number of fused-ring (bicyclic) bond motifs is 1. The molecule has 3 heterocycles. The maximum atomic E-state index is 4.81. The lowest BCUT2D eigenvalue weighted by molar-refractivity contribution is 0.579. The van der Waals surface area contributed by atoms with Crippen molar-refractivity contribution in [1.29, 1.82) is 0 Å². The average molecular weight is 505 g/mol. The molecule has 0 radical (unpaired) electrons. The van der Waals surface area contributed by atoms with Crippen LogP contribution in [0.5, 0.6) is 0 Å². The Morgan fingerprint density at radius 2 is 1.41 bits per heavy atom. The molecule has 1 fully saturated rings. The molecule has 0 unspecified atom stereocenters. The Bertz CT molecular complexity index is 801. The van der Waals surface area contributed by atoms with Crippen LogP contribution < -0.4 is 4.90 Å². The van der Waals surface area contributed by atoms with Crippen LogP contribution in [0.15, 0.2) is 54.7 Å². The molecule has 2 aromatic heterocycles. The first kappa shape index (κ1) is 27.6. The Labute approximate surface area is 180 Å². The quantitative estimate of drug-likeness (QED) is 0.532. The fraction of sp³-hybridized carbons (Fsp3) is 0.263. The van der Waals surface area contributed by atoms with Crippen LogP contribution in [0.4, 0.5) is 5.69 Å². The van der Waals surface area contributed by atoms with Gasteiger partial charge in [0.25, 0.3) is 0 Å². The van der Waals surface area contributed by atoms with E-state index in [0.29, 0.717) is 0 Å². The molecule has 27 heavy (non-hydrogen) atoms. The lowest BCUT2D eigenvalue weighted by Crippen LogP contribution is -2.29. The Morgan fingerprint density at radius 3 is 2.07 bits per heavy atom. The van der Waals surface area contributed by atoms with Crippen LogP contribution in [0.25, 0.3) is 22.3 Å². The monoisotopic (exact) mass is 503 g/mol. The van der Waals surface area contributed by atoms with E-state index in [9.17, 15) is 0 Å². The molecule has 1 aliphatic rings. The summed E-state index contributed by atoms with van der Waals surface area (Å²) in [5.41, 5.74) is 4.24. The molecule has 8 heteroatoms. The van der Waals surface area contributed by atoms with Crippen LogP contribution in [-0.2, 0) is 0 Å². The van der Waals surface area contributed by atoms with E-state index < -0.39 is 0 Å². The third-order valence-electron chi connectivity index (χ3n) is 4.32. The Kier molecular flexibility index (Phi) is 13.0. The van der Waals surface area contributed by atoms with Crippen LogP contribution in [0.2, 0.25) is 0 Å². The molecule has 4 rings (SSSR count). The Hall–Kier alpha value is -1.58. The number of nitrogens with zero attached hydrogens (tertiary/aromatic N) is 3. The van der Waals surface area contributed by atoms with Gasteiger partial charge in [0, 0.05) is 30.4 Å². The number of benzene rings is 1. The van der Waals surface area contributed by atoms with Crippen molar-refractivity contribution in [3.63, 3.8) is 0 Å². The first-order valence-corrected chi connectivity index (χ1v) is 7.98. The van der Waals surface area contributed by atoms with Gasteiger partial charge in [-0.1, -0.05) is 24.3 Å². The summed E-state index contributed by atoms with van der Waals surface area (Å²) in [7, 11) is 0. The summed E-state index contributed by atoms with van der Waals surface area (Å²) in [5.74, 6) is 0. The molecule has 0 bridgehead atoms. The second-order valence-corrected chi connectivity index (χ2v) is 5.81. The van der Waals surface area contributed by atoms with Crippen molar-refractivity contribution in [2.24, 2.45) is 0 Å². The minimum Gasteiger partial charge on any atom is -0.412 e. The number of pyridine rings is 2. The zero-order chi connectivity index (χ0) is 14.8. The predicted octanol–water partition coefficient (Wildman–Crippen LogP) is 2.97. The predicted molar refractivity (Wildman–Crippen MR) is 123 cm³/mol. The molecule has 0 spiro atoms. The summed E-state index contributed by atoms with van der Waals surface area (Å²) in [6, 6.07) is 16.6. The van der Waals surface area contributed by atoms with Gasteiger partial charge in [0.05, 0.1) is 16.9 Å². The zero-order valence-electron chi connectivity index (χ0n) is 14.9. The van der Waals surface area contributed by atoms with Gasteiger partial charge in [-0.25, -0.2) is 4.98 Å². The number of anilines is 1.